The summed E-state index contributed by atoms with van der Waals surface area (Å²) in [5.41, 5.74) is 17.9. The number of carboxylic acid groups (broad SMARTS) is 1. The Kier molecular flexibility index (Phi) is 12.3. The molecule has 0 aromatic carbocycles. The molecule has 4 unspecified atom stereocenters. The lowest BCUT2D eigenvalue weighted by Gasteiger charge is -2.29. The fourth-order valence-corrected chi connectivity index (χ4v) is 4.28. The van der Waals surface area contributed by atoms with Crippen LogP contribution in [0.5, 0.6) is 0 Å². The van der Waals surface area contributed by atoms with Gasteiger partial charge in [-0.2, -0.15) is 0 Å². The Balaban J connectivity index is 2.11. The van der Waals surface area contributed by atoms with Gasteiger partial charge in [-0.15, -0.1) is 0 Å². The molecular formula is C23H40N8O5. The lowest BCUT2D eigenvalue weighted by molar-refractivity contribution is -0.149. The molecule has 0 saturated carbocycles. The SMILES string of the molecule is NCCCCC(NC(=O)C(N)Cc1cnc[nH]1)C(=O)NC(CCCCN)C(=O)N1CCCC1C(=O)O. The number of amides is 3. The smallest absolute Gasteiger partial charge is 0.326 e. The molecule has 36 heavy (non-hydrogen) atoms. The molecule has 1 aromatic rings. The summed E-state index contributed by atoms with van der Waals surface area (Å²) in [5.74, 6) is -2.53. The van der Waals surface area contributed by atoms with Crippen LogP contribution in [0, 0.1) is 0 Å². The first kappa shape index (κ1) is 29.2. The minimum absolute atomic E-state index is 0.217. The molecule has 0 aliphatic carbocycles. The van der Waals surface area contributed by atoms with Crippen molar-refractivity contribution in [2.75, 3.05) is 19.6 Å². The van der Waals surface area contributed by atoms with Gasteiger partial charge < -0.3 is 42.8 Å². The second-order valence-corrected chi connectivity index (χ2v) is 9.11. The van der Waals surface area contributed by atoms with Gasteiger partial charge in [0.2, 0.25) is 17.7 Å². The number of nitrogens with zero attached hydrogens (tertiary/aromatic N) is 2. The van der Waals surface area contributed by atoms with Crippen LogP contribution in [0.2, 0.25) is 0 Å². The maximum Gasteiger partial charge on any atom is 0.326 e. The van der Waals surface area contributed by atoms with Crippen molar-refractivity contribution >= 4 is 23.7 Å². The summed E-state index contributed by atoms with van der Waals surface area (Å²) in [6.45, 7) is 1.19. The number of carboxylic acids is 1. The second kappa shape index (κ2) is 15.2. The predicted molar refractivity (Wildman–Crippen MR) is 132 cm³/mol. The van der Waals surface area contributed by atoms with Crippen LogP contribution in [0.15, 0.2) is 12.5 Å². The summed E-state index contributed by atoms with van der Waals surface area (Å²) in [5, 5.41) is 15.0. The van der Waals surface area contributed by atoms with Gasteiger partial charge in [-0.25, -0.2) is 9.78 Å². The van der Waals surface area contributed by atoms with E-state index < -0.39 is 47.9 Å². The Hall–Kier alpha value is -3.03. The molecule has 1 aliphatic rings. The van der Waals surface area contributed by atoms with Gasteiger partial charge in [-0.05, 0) is 64.5 Å². The number of carbonyl (C=O) groups is 4. The van der Waals surface area contributed by atoms with Gasteiger partial charge in [0.1, 0.15) is 18.1 Å². The van der Waals surface area contributed by atoms with E-state index in [1.807, 2.05) is 0 Å². The molecule has 13 nitrogen and oxygen atoms in total. The predicted octanol–water partition coefficient (Wildman–Crippen LogP) is -1.42. The highest BCUT2D eigenvalue weighted by atomic mass is 16.4. The summed E-state index contributed by atoms with van der Waals surface area (Å²) < 4.78 is 0. The summed E-state index contributed by atoms with van der Waals surface area (Å²) in [6.07, 6.45) is 7.34. The zero-order valence-corrected chi connectivity index (χ0v) is 20.7. The van der Waals surface area contributed by atoms with Crippen LogP contribution >= 0.6 is 0 Å². The van der Waals surface area contributed by atoms with Gasteiger partial charge >= 0.3 is 5.97 Å². The Morgan fingerprint density at radius 3 is 2.28 bits per heavy atom. The fourth-order valence-electron chi connectivity index (χ4n) is 4.28. The first-order valence-corrected chi connectivity index (χ1v) is 12.6. The highest BCUT2D eigenvalue weighted by Gasteiger charge is 2.38. The minimum atomic E-state index is -1.06. The topological polar surface area (TPSA) is 223 Å². The molecule has 1 aliphatic heterocycles. The maximum atomic E-state index is 13.3. The number of aromatic amines is 1. The minimum Gasteiger partial charge on any atom is -0.480 e. The highest BCUT2D eigenvalue weighted by Crippen LogP contribution is 2.20. The summed E-state index contributed by atoms with van der Waals surface area (Å²) in [4.78, 5) is 59.0. The van der Waals surface area contributed by atoms with E-state index in [-0.39, 0.29) is 6.42 Å². The third-order valence-electron chi connectivity index (χ3n) is 6.29. The number of hydrogen-bond acceptors (Lipinski definition) is 8. The molecular weight excluding hydrogens is 468 g/mol. The summed E-state index contributed by atoms with van der Waals surface area (Å²) in [7, 11) is 0. The van der Waals surface area contributed by atoms with E-state index in [0.29, 0.717) is 76.7 Å². The van der Waals surface area contributed by atoms with E-state index in [2.05, 4.69) is 20.6 Å². The number of nitrogens with two attached hydrogens (primary N) is 3. The third kappa shape index (κ3) is 8.88. The number of aromatic nitrogens is 2. The summed E-state index contributed by atoms with van der Waals surface area (Å²) >= 11 is 0. The van der Waals surface area contributed by atoms with E-state index in [0.717, 1.165) is 0 Å². The number of aliphatic carboxylic acids is 1. The van der Waals surface area contributed by atoms with Crippen molar-refractivity contribution in [1.29, 1.82) is 0 Å². The van der Waals surface area contributed by atoms with Crippen LogP contribution in [-0.2, 0) is 25.6 Å². The van der Waals surface area contributed by atoms with Crippen molar-refractivity contribution in [2.24, 2.45) is 17.2 Å². The first-order chi connectivity index (χ1) is 17.3. The Morgan fingerprint density at radius 1 is 1.06 bits per heavy atom. The lowest BCUT2D eigenvalue weighted by atomic mass is 10.0. The molecule has 202 valence electrons. The van der Waals surface area contributed by atoms with Gasteiger partial charge in [-0.3, -0.25) is 14.4 Å². The second-order valence-electron chi connectivity index (χ2n) is 9.11. The van der Waals surface area contributed by atoms with Gasteiger partial charge in [0, 0.05) is 24.9 Å². The largest absolute Gasteiger partial charge is 0.480 e. The number of unbranched alkanes of at least 4 members (excludes halogenated alkanes) is 2. The maximum absolute atomic E-state index is 13.3. The fraction of sp³-hybridized carbons (Fsp3) is 0.696. The van der Waals surface area contributed by atoms with Crippen molar-refractivity contribution in [3.05, 3.63) is 18.2 Å². The quantitative estimate of drug-likeness (QED) is 0.130. The number of nitrogens with one attached hydrogen (secondary N) is 3. The molecule has 0 spiro atoms. The van der Waals surface area contributed by atoms with Crippen LogP contribution in [0.1, 0.15) is 57.1 Å². The zero-order valence-electron chi connectivity index (χ0n) is 20.7. The van der Waals surface area contributed by atoms with Gasteiger partial charge in [0.25, 0.3) is 0 Å². The van der Waals surface area contributed by atoms with Crippen molar-refractivity contribution in [2.45, 2.75) is 82.0 Å². The van der Waals surface area contributed by atoms with E-state index in [1.165, 1.54) is 11.2 Å². The molecule has 0 radical (unpaired) electrons. The third-order valence-corrected chi connectivity index (χ3v) is 6.29. The van der Waals surface area contributed by atoms with E-state index in [9.17, 15) is 24.3 Å². The van der Waals surface area contributed by atoms with Gasteiger partial charge in [-0.1, -0.05) is 0 Å². The zero-order chi connectivity index (χ0) is 26.5. The monoisotopic (exact) mass is 508 g/mol. The van der Waals surface area contributed by atoms with Crippen molar-refractivity contribution in [3.8, 4) is 0 Å². The molecule has 1 aromatic heterocycles. The number of carbonyl (C=O) groups excluding carboxylic acids is 3. The first-order valence-electron chi connectivity index (χ1n) is 12.6. The highest BCUT2D eigenvalue weighted by molar-refractivity contribution is 5.94. The van der Waals surface area contributed by atoms with Gasteiger partial charge in [0.15, 0.2) is 0 Å². The number of imidazole rings is 1. The molecule has 1 fully saturated rings. The van der Waals surface area contributed by atoms with Crippen LogP contribution in [0.4, 0.5) is 0 Å². The average Bonchev–Trinajstić information content (AvgIpc) is 3.54. The van der Waals surface area contributed by atoms with Crippen LogP contribution in [0.3, 0.4) is 0 Å². The lowest BCUT2D eigenvalue weighted by Crippen LogP contribution is -2.57. The van der Waals surface area contributed by atoms with E-state index in [1.54, 1.807) is 6.20 Å². The van der Waals surface area contributed by atoms with Crippen molar-refractivity contribution in [3.63, 3.8) is 0 Å². The van der Waals surface area contributed by atoms with Crippen molar-refractivity contribution < 1.29 is 24.3 Å². The van der Waals surface area contributed by atoms with Crippen molar-refractivity contribution in [1.82, 2.24) is 25.5 Å². The summed E-state index contributed by atoms with van der Waals surface area (Å²) in [6, 6.07) is -3.66. The normalized spacial score (nSPS) is 17.9. The van der Waals surface area contributed by atoms with E-state index in [4.69, 9.17) is 17.2 Å². The number of rotatable bonds is 16. The Labute approximate surface area is 210 Å². The van der Waals surface area contributed by atoms with Gasteiger partial charge in [0.05, 0.1) is 12.4 Å². The molecule has 4 atom stereocenters. The molecule has 1 saturated heterocycles. The molecule has 13 heteroatoms. The van der Waals surface area contributed by atoms with Crippen LogP contribution in [-0.4, -0.2) is 87.5 Å². The molecule has 0 bridgehead atoms. The number of H-pyrrole nitrogens is 1. The average molecular weight is 509 g/mol. The molecule has 2 rings (SSSR count). The molecule has 2 heterocycles. The van der Waals surface area contributed by atoms with Crippen LogP contribution < -0.4 is 27.8 Å². The Morgan fingerprint density at radius 2 is 1.69 bits per heavy atom. The standard InChI is InChI=1S/C23H40N8O5/c24-9-3-1-6-17(29-20(32)16(26)12-15-13-27-14-28-15)21(33)30-18(7-2-4-10-25)22(34)31-11-5-8-19(31)23(35)36/h13-14,16-19H,1-12,24-26H2,(H,27,28)(H,29,32)(H,30,33)(H,35,36). The Bertz CT molecular complexity index is 850. The molecule has 3 amide bonds. The number of hydrogen-bond donors (Lipinski definition) is 7. The van der Waals surface area contributed by atoms with Crippen LogP contribution in [0.25, 0.3) is 0 Å². The van der Waals surface area contributed by atoms with E-state index >= 15 is 0 Å². The number of likely N-dealkylation sites (tertiary alicyclic amines) is 1. The molecule has 10 N–H and O–H groups in total.